The smallest absolute Gasteiger partial charge is 0.330 e. The van der Waals surface area contributed by atoms with Gasteiger partial charge in [-0.25, -0.2) is 4.79 Å². The maximum Gasteiger partial charge on any atom is 0.330 e. The molecule has 0 bridgehead atoms. The van der Waals surface area contributed by atoms with E-state index in [0.717, 1.165) is 6.42 Å². The minimum atomic E-state index is -2.45. The summed E-state index contributed by atoms with van der Waals surface area (Å²) in [5, 5.41) is 24.4. The molecule has 0 aromatic rings. The Labute approximate surface area is 154 Å². The molecule has 0 aromatic carbocycles. The first-order chi connectivity index (χ1) is 11.9. The van der Waals surface area contributed by atoms with E-state index in [1.165, 1.54) is 70.3 Å². The molecular formula is C20H40O5. The Kier molecular flexibility index (Phi) is 20.4. The fraction of sp³-hybridized carbons (Fsp3) is 0.850. The van der Waals surface area contributed by atoms with Crippen LogP contribution < -0.4 is 0 Å². The molecule has 0 radical (unpaired) electrons. The quantitative estimate of drug-likeness (QED) is 0.174. The summed E-state index contributed by atoms with van der Waals surface area (Å²) in [5.41, 5.74) is 0. The van der Waals surface area contributed by atoms with Crippen LogP contribution in [0, 0.1) is 0 Å². The summed E-state index contributed by atoms with van der Waals surface area (Å²) >= 11 is 0. The van der Waals surface area contributed by atoms with Crippen molar-refractivity contribution in [2.75, 3.05) is 6.61 Å². The highest BCUT2D eigenvalue weighted by Crippen LogP contribution is 2.11. The molecule has 0 aliphatic heterocycles. The van der Waals surface area contributed by atoms with Crippen LogP contribution in [0.1, 0.15) is 97.3 Å². The number of unbranched alkanes of at least 4 members (excludes halogenated alkanes) is 10. The largest absolute Gasteiger partial charge is 0.463 e. The van der Waals surface area contributed by atoms with Crippen LogP contribution in [-0.2, 0) is 9.53 Å². The summed E-state index contributed by atoms with van der Waals surface area (Å²) in [4.78, 5) is 10.8. The molecule has 0 fully saturated rings. The molecule has 0 aliphatic rings. The van der Waals surface area contributed by atoms with E-state index >= 15 is 0 Å². The fourth-order valence-electron chi connectivity index (χ4n) is 2.33. The van der Waals surface area contributed by atoms with Gasteiger partial charge in [0.15, 0.2) is 0 Å². The second kappa shape index (κ2) is 19.4. The molecule has 0 aromatic heterocycles. The van der Waals surface area contributed by atoms with Gasteiger partial charge in [-0.05, 0) is 12.8 Å². The first kappa shape index (κ1) is 26.3. The Morgan fingerprint density at radius 2 is 1.28 bits per heavy atom. The molecule has 0 saturated carbocycles. The molecule has 0 saturated heterocycles. The SMILES string of the molecule is C=CC(=O)OCCCCCCCCCCCCC.CCCC(O)(O)O. The number of hydrogen-bond donors (Lipinski definition) is 3. The molecule has 150 valence electrons. The summed E-state index contributed by atoms with van der Waals surface area (Å²) < 4.78 is 4.92. The predicted octanol–water partition coefficient (Wildman–Crippen LogP) is 4.44. The Balaban J connectivity index is 0. The third-order valence-corrected chi connectivity index (χ3v) is 3.74. The van der Waals surface area contributed by atoms with E-state index in [-0.39, 0.29) is 12.4 Å². The third kappa shape index (κ3) is 28.2. The lowest BCUT2D eigenvalue weighted by molar-refractivity contribution is -0.314. The van der Waals surface area contributed by atoms with Crippen LogP contribution in [0.4, 0.5) is 0 Å². The first-order valence-corrected chi connectivity index (χ1v) is 9.83. The van der Waals surface area contributed by atoms with E-state index in [0.29, 0.717) is 13.0 Å². The zero-order valence-corrected chi connectivity index (χ0v) is 16.3. The predicted molar refractivity (Wildman–Crippen MR) is 102 cm³/mol. The van der Waals surface area contributed by atoms with Crippen molar-refractivity contribution >= 4 is 5.97 Å². The average molecular weight is 361 g/mol. The minimum Gasteiger partial charge on any atom is -0.463 e. The van der Waals surface area contributed by atoms with Crippen LogP contribution in [0.2, 0.25) is 0 Å². The van der Waals surface area contributed by atoms with E-state index in [1.54, 1.807) is 6.92 Å². The topological polar surface area (TPSA) is 87.0 Å². The lowest BCUT2D eigenvalue weighted by atomic mass is 10.1. The molecule has 5 heteroatoms. The van der Waals surface area contributed by atoms with Crippen LogP contribution in [0.15, 0.2) is 12.7 Å². The van der Waals surface area contributed by atoms with Gasteiger partial charge in [0.25, 0.3) is 5.97 Å². The highest BCUT2D eigenvalue weighted by atomic mass is 16.7. The monoisotopic (exact) mass is 360 g/mol. The zero-order chi connectivity index (χ0) is 19.4. The van der Waals surface area contributed by atoms with E-state index < -0.39 is 5.97 Å². The van der Waals surface area contributed by atoms with E-state index in [9.17, 15) is 4.79 Å². The molecule has 3 N–H and O–H groups in total. The van der Waals surface area contributed by atoms with E-state index in [4.69, 9.17) is 20.1 Å². The number of hydrogen-bond acceptors (Lipinski definition) is 5. The standard InChI is InChI=1S/C16H30O2.C4H10O3/c1-3-5-6-7-8-9-10-11-12-13-14-15-18-16(17)4-2;1-2-3-4(5,6)7/h4H,2-3,5-15H2,1H3;5-7H,2-3H2,1H3. The maximum absolute atomic E-state index is 10.8. The van der Waals surface area contributed by atoms with Crippen LogP contribution in [0.5, 0.6) is 0 Å². The van der Waals surface area contributed by atoms with Gasteiger partial charge in [-0.15, -0.1) is 0 Å². The second-order valence-corrected chi connectivity index (χ2v) is 6.43. The van der Waals surface area contributed by atoms with Crippen LogP contribution in [0.3, 0.4) is 0 Å². The number of carbonyl (C=O) groups excluding carboxylic acids is 1. The van der Waals surface area contributed by atoms with Crippen molar-refractivity contribution in [1.82, 2.24) is 0 Å². The molecule has 0 unspecified atom stereocenters. The summed E-state index contributed by atoms with van der Waals surface area (Å²) in [6.45, 7) is 7.91. The Hall–Kier alpha value is -0.910. The lowest BCUT2D eigenvalue weighted by Crippen LogP contribution is -2.26. The van der Waals surface area contributed by atoms with Crippen molar-refractivity contribution in [3.8, 4) is 0 Å². The Morgan fingerprint density at radius 3 is 1.60 bits per heavy atom. The number of carbonyl (C=O) groups is 1. The van der Waals surface area contributed by atoms with Gasteiger partial charge >= 0.3 is 5.97 Å². The summed E-state index contributed by atoms with van der Waals surface area (Å²) in [7, 11) is 0. The van der Waals surface area contributed by atoms with Crippen molar-refractivity contribution in [2.24, 2.45) is 0 Å². The van der Waals surface area contributed by atoms with Crippen molar-refractivity contribution in [2.45, 2.75) is 103 Å². The number of ether oxygens (including phenoxy) is 1. The lowest BCUT2D eigenvalue weighted by Gasteiger charge is -2.10. The van der Waals surface area contributed by atoms with Gasteiger partial charge in [-0.2, -0.15) is 0 Å². The summed E-state index contributed by atoms with van der Waals surface area (Å²) in [6.07, 6.45) is 16.2. The normalized spacial score (nSPS) is 10.8. The van der Waals surface area contributed by atoms with Gasteiger partial charge in [0.05, 0.1) is 6.61 Å². The highest BCUT2D eigenvalue weighted by Gasteiger charge is 2.14. The Bertz CT molecular complexity index is 297. The van der Waals surface area contributed by atoms with Gasteiger partial charge < -0.3 is 20.1 Å². The van der Waals surface area contributed by atoms with E-state index in [1.807, 2.05) is 0 Å². The fourth-order valence-corrected chi connectivity index (χ4v) is 2.33. The molecule has 0 atom stereocenters. The number of rotatable bonds is 15. The molecular weight excluding hydrogens is 320 g/mol. The van der Waals surface area contributed by atoms with Crippen molar-refractivity contribution in [3.63, 3.8) is 0 Å². The first-order valence-electron chi connectivity index (χ1n) is 9.83. The van der Waals surface area contributed by atoms with Crippen molar-refractivity contribution < 1.29 is 24.9 Å². The van der Waals surface area contributed by atoms with Gasteiger partial charge in [0.1, 0.15) is 0 Å². The molecule has 0 amide bonds. The second-order valence-electron chi connectivity index (χ2n) is 6.43. The van der Waals surface area contributed by atoms with Crippen molar-refractivity contribution in [1.29, 1.82) is 0 Å². The number of aliphatic hydroxyl groups is 3. The molecule has 0 aliphatic carbocycles. The van der Waals surface area contributed by atoms with Crippen molar-refractivity contribution in [3.05, 3.63) is 12.7 Å². The maximum atomic E-state index is 10.8. The molecule has 0 rings (SSSR count). The molecule has 0 heterocycles. The summed E-state index contributed by atoms with van der Waals surface area (Å²) in [5.74, 6) is -2.75. The number of esters is 1. The average Bonchev–Trinajstić information content (AvgIpc) is 2.55. The zero-order valence-electron chi connectivity index (χ0n) is 16.3. The van der Waals surface area contributed by atoms with Gasteiger partial charge in [-0.3, -0.25) is 0 Å². The van der Waals surface area contributed by atoms with Gasteiger partial charge in [-0.1, -0.05) is 84.6 Å². The molecule has 5 nitrogen and oxygen atoms in total. The van der Waals surface area contributed by atoms with Crippen LogP contribution >= 0.6 is 0 Å². The Morgan fingerprint density at radius 1 is 0.840 bits per heavy atom. The highest BCUT2D eigenvalue weighted by molar-refractivity contribution is 5.81. The summed E-state index contributed by atoms with van der Waals surface area (Å²) in [6, 6.07) is 0. The van der Waals surface area contributed by atoms with Gasteiger partial charge in [0.2, 0.25) is 0 Å². The molecule has 25 heavy (non-hydrogen) atoms. The van der Waals surface area contributed by atoms with Crippen LogP contribution in [0.25, 0.3) is 0 Å². The minimum absolute atomic E-state index is 0.00694. The van der Waals surface area contributed by atoms with Gasteiger partial charge in [0, 0.05) is 12.5 Å². The molecule has 0 spiro atoms. The van der Waals surface area contributed by atoms with Crippen LogP contribution in [-0.4, -0.2) is 33.9 Å². The third-order valence-electron chi connectivity index (χ3n) is 3.74. The van der Waals surface area contributed by atoms with E-state index in [2.05, 4.69) is 13.5 Å².